The van der Waals surface area contributed by atoms with Crippen LogP contribution in [0.3, 0.4) is 0 Å². The number of fused-ring (bicyclic) bond motifs is 1. The standard InChI is InChI=1S/C22H32BN3O4/c1-20(2,3)28-19(27)25-11-9-15(13-25)26-14-17(16-12-24-10-8-18(16)26)23-29-21(4,5)22(6,7)30-23/h8,10,12,14-15H,9,11,13H2,1-7H3. The summed E-state index contributed by atoms with van der Waals surface area (Å²) in [6.45, 7) is 15.2. The molecule has 0 N–H and O–H groups in total. The highest BCUT2D eigenvalue weighted by atomic mass is 16.7. The SMILES string of the molecule is CC(C)(C)OC(=O)N1CCC(n2cc(B3OC(C)(C)C(C)(C)O3)c3cnccc32)C1. The van der Waals surface area contributed by atoms with E-state index >= 15 is 0 Å². The van der Waals surface area contributed by atoms with Crippen molar-refractivity contribution >= 4 is 29.6 Å². The van der Waals surface area contributed by atoms with Gasteiger partial charge < -0.3 is 23.5 Å². The Morgan fingerprint density at radius 2 is 1.90 bits per heavy atom. The Morgan fingerprint density at radius 1 is 1.23 bits per heavy atom. The lowest BCUT2D eigenvalue weighted by atomic mass is 9.79. The molecule has 2 aliphatic heterocycles. The van der Waals surface area contributed by atoms with Gasteiger partial charge in [0, 0.05) is 42.5 Å². The molecule has 1 unspecified atom stereocenters. The van der Waals surface area contributed by atoms with Gasteiger partial charge in [-0.1, -0.05) is 0 Å². The highest BCUT2D eigenvalue weighted by Crippen LogP contribution is 2.37. The van der Waals surface area contributed by atoms with Crippen molar-refractivity contribution in [3.05, 3.63) is 24.7 Å². The maximum atomic E-state index is 12.5. The lowest BCUT2D eigenvalue weighted by Crippen LogP contribution is -2.41. The molecular formula is C22H32BN3O4. The molecule has 0 saturated carbocycles. The molecule has 162 valence electrons. The van der Waals surface area contributed by atoms with Crippen molar-refractivity contribution in [2.75, 3.05) is 13.1 Å². The molecule has 2 saturated heterocycles. The number of carbonyl (C=O) groups excluding carboxylic acids is 1. The fourth-order valence-electron chi connectivity index (χ4n) is 4.04. The van der Waals surface area contributed by atoms with Crippen LogP contribution in [0.4, 0.5) is 4.79 Å². The van der Waals surface area contributed by atoms with E-state index in [2.05, 4.69) is 43.4 Å². The van der Waals surface area contributed by atoms with Crippen LogP contribution in [0.5, 0.6) is 0 Å². The molecule has 2 fully saturated rings. The summed E-state index contributed by atoms with van der Waals surface area (Å²) >= 11 is 0. The second-order valence-corrected chi connectivity index (χ2v) is 10.3. The Bertz CT molecular complexity index is 947. The third-order valence-corrected chi connectivity index (χ3v) is 6.38. The monoisotopic (exact) mass is 413 g/mol. The minimum atomic E-state index is -0.495. The molecule has 1 amide bonds. The zero-order valence-corrected chi connectivity index (χ0v) is 19.1. The Kier molecular flexibility index (Phi) is 4.94. The van der Waals surface area contributed by atoms with Gasteiger partial charge in [0.05, 0.1) is 22.8 Å². The molecule has 1 atom stereocenters. The zero-order valence-electron chi connectivity index (χ0n) is 19.1. The number of pyridine rings is 1. The summed E-state index contributed by atoms with van der Waals surface area (Å²) in [6.07, 6.45) is 6.39. The minimum Gasteiger partial charge on any atom is -0.444 e. The summed E-state index contributed by atoms with van der Waals surface area (Å²) in [6, 6.07) is 2.18. The molecule has 0 aromatic carbocycles. The van der Waals surface area contributed by atoms with E-state index < -0.39 is 23.9 Å². The Morgan fingerprint density at radius 3 is 2.53 bits per heavy atom. The summed E-state index contributed by atoms with van der Waals surface area (Å²) in [7, 11) is -0.452. The van der Waals surface area contributed by atoms with Crippen LogP contribution < -0.4 is 5.46 Å². The highest BCUT2D eigenvalue weighted by molar-refractivity contribution is 6.65. The normalized spacial score (nSPS) is 23.4. The first-order valence-electron chi connectivity index (χ1n) is 10.7. The number of rotatable bonds is 2. The van der Waals surface area contributed by atoms with Gasteiger partial charge >= 0.3 is 13.2 Å². The third kappa shape index (κ3) is 3.71. The third-order valence-electron chi connectivity index (χ3n) is 6.38. The minimum absolute atomic E-state index is 0.165. The molecule has 4 rings (SSSR count). The molecular weight excluding hydrogens is 381 g/mol. The van der Waals surface area contributed by atoms with Gasteiger partial charge in [0.25, 0.3) is 0 Å². The molecule has 2 aliphatic rings. The summed E-state index contributed by atoms with van der Waals surface area (Å²) in [5.41, 5.74) is 0.744. The van der Waals surface area contributed by atoms with Crippen molar-refractivity contribution in [3.8, 4) is 0 Å². The van der Waals surface area contributed by atoms with Crippen LogP contribution in [0.2, 0.25) is 0 Å². The number of carbonyl (C=O) groups is 1. The molecule has 30 heavy (non-hydrogen) atoms. The van der Waals surface area contributed by atoms with Crippen LogP contribution in [0, 0.1) is 0 Å². The van der Waals surface area contributed by atoms with Crippen molar-refractivity contribution in [2.45, 2.75) is 77.7 Å². The van der Waals surface area contributed by atoms with Gasteiger partial charge in [0.1, 0.15) is 5.60 Å². The molecule has 2 aromatic rings. The van der Waals surface area contributed by atoms with Crippen LogP contribution in [0.1, 0.15) is 60.9 Å². The average Bonchev–Trinajstić information content (AvgIpc) is 3.28. The number of ether oxygens (including phenoxy) is 1. The van der Waals surface area contributed by atoms with Gasteiger partial charge in [-0.05, 0) is 61.0 Å². The number of amides is 1. The van der Waals surface area contributed by atoms with Crippen LogP contribution in [-0.4, -0.2) is 57.6 Å². The quantitative estimate of drug-likeness (QED) is 0.705. The summed E-state index contributed by atoms with van der Waals surface area (Å²) in [4.78, 5) is 18.6. The van der Waals surface area contributed by atoms with Crippen molar-refractivity contribution in [1.29, 1.82) is 0 Å². The molecule has 0 bridgehead atoms. The highest BCUT2D eigenvalue weighted by Gasteiger charge is 2.52. The van der Waals surface area contributed by atoms with Gasteiger partial charge in [-0.2, -0.15) is 0 Å². The first-order chi connectivity index (χ1) is 13.9. The summed E-state index contributed by atoms with van der Waals surface area (Å²) < 4.78 is 20.4. The van der Waals surface area contributed by atoms with Crippen molar-refractivity contribution in [2.24, 2.45) is 0 Å². The van der Waals surface area contributed by atoms with Crippen LogP contribution in [0.25, 0.3) is 10.9 Å². The Hall–Kier alpha value is -2.06. The van der Waals surface area contributed by atoms with E-state index in [1.54, 1.807) is 11.1 Å². The average molecular weight is 413 g/mol. The molecule has 0 radical (unpaired) electrons. The second-order valence-electron chi connectivity index (χ2n) is 10.3. The van der Waals surface area contributed by atoms with Crippen LogP contribution in [-0.2, 0) is 14.0 Å². The van der Waals surface area contributed by atoms with E-state index in [1.807, 2.05) is 33.0 Å². The molecule has 8 heteroatoms. The van der Waals surface area contributed by atoms with Crippen LogP contribution in [0.15, 0.2) is 24.7 Å². The lowest BCUT2D eigenvalue weighted by molar-refractivity contribution is 0.00578. The molecule has 2 aromatic heterocycles. The second kappa shape index (κ2) is 6.99. The van der Waals surface area contributed by atoms with E-state index in [0.717, 1.165) is 22.8 Å². The maximum absolute atomic E-state index is 12.5. The number of nitrogens with zero attached hydrogens (tertiary/aromatic N) is 3. The first kappa shape index (κ1) is 21.2. The predicted octanol–water partition coefficient (Wildman–Crippen LogP) is 3.52. The molecule has 7 nitrogen and oxygen atoms in total. The van der Waals surface area contributed by atoms with E-state index in [1.165, 1.54) is 0 Å². The fourth-order valence-corrected chi connectivity index (χ4v) is 4.04. The lowest BCUT2D eigenvalue weighted by Gasteiger charge is -2.32. The van der Waals surface area contributed by atoms with Crippen molar-refractivity contribution in [3.63, 3.8) is 0 Å². The number of hydrogen-bond donors (Lipinski definition) is 0. The van der Waals surface area contributed by atoms with E-state index in [-0.39, 0.29) is 12.1 Å². The summed E-state index contributed by atoms with van der Waals surface area (Å²) in [5.74, 6) is 0. The Labute approximate surface area is 178 Å². The largest absolute Gasteiger partial charge is 0.497 e. The van der Waals surface area contributed by atoms with Crippen LogP contribution >= 0.6 is 0 Å². The molecule has 0 aliphatic carbocycles. The molecule has 4 heterocycles. The topological polar surface area (TPSA) is 65.8 Å². The smallest absolute Gasteiger partial charge is 0.444 e. The number of hydrogen-bond acceptors (Lipinski definition) is 5. The van der Waals surface area contributed by atoms with Gasteiger partial charge in [-0.15, -0.1) is 0 Å². The van der Waals surface area contributed by atoms with Gasteiger partial charge in [-0.3, -0.25) is 4.98 Å². The van der Waals surface area contributed by atoms with E-state index in [0.29, 0.717) is 13.1 Å². The van der Waals surface area contributed by atoms with Gasteiger partial charge in [0.15, 0.2) is 0 Å². The van der Waals surface area contributed by atoms with E-state index in [4.69, 9.17) is 14.0 Å². The maximum Gasteiger partial charge on any atom is 0.497 e. The van der Waals surface area contributed by atoms with Gasteiger partial charge in [0.2, 0.25) is 0 Å². The predicted molar refractivity (Wildman–Crippen MR) is 117 cm³/mol. The number of likely N-dealkylation sites (tertiary alicyclic amines) is 1. The zero-order chi connectivity index (χ0) is 21.9. The fraction of sp³-hybridized carbons (Fsp3) is 0.636. The molecule has 0 spiro atoms. The van der Waals surface area contributed by atoms with E-state index in [9.17, 15) is 4.79 Å². The van der Waals surface area contributed by atoms with Gasteiger partial charge in [-0.25, -0.2) is 4.79 Å². The Balaban J connectivity index is 1.62. The van der Waals surface area contributed by atoms with Crippen molar-refractivity contribution < 1.29 is 18.8 Å². The summed E-state index contributed by atoms with van der Waals surface area (Å²) in [5, 5.41) is 1.02. The first-order valence-corrected chi connectivity index (χ1v) is 10.7. The number of aromatic nitrogens is 2. The van der Waals surface area contributed by atoms with Crippen molar-refractivity contribution in [1.82, 2.24) is 14.5 Å².